The number of rotatable bonds is 4. The van der Waals surface area contributed by atoms with Crippen molar-refractivity contribution in [1.82, 2.24) is 0 Å². The predicted molar refractivity (Wildman–Crippen MR) is 80.9 cm³/mol. The average Bonchev–Trinajstić information content (AvgIpc) is 2.25. The summed E-state index contributed by atoms with van der Waals surface area (Å²) in [6.45, 7) is 15.4. The molecule has 0 heterocycles. The molecule has 1 aromatic carbocycles. The molecule has 108 valence electrons. The van der Waals surface area contributed by atoms with Crippen LogP contribution >= 0.6 is 0 Å². The Hall–Kier alpha value is -1.02. The van der Waals surface area contributed by atoms with Crippen LogP contribution < -0.4 is 4.74 Å². The van der Waals surface area contributed by atoms with E-state index < -0.39 is 0 Å². The topological polar surface area (TPSA) is 18.5 Å². The Morgan fingerprint density at radius 2 is 1.47 bits per heavy atom. The molecule has 1 rings (SSSR count). The molecule has 2 heteroatoms. The third-order valence-corrected chi connectivity index (χ3v) is 2.81. The Bertz CT molecular complexity index is 379. The first kappa shape index (κ1) is 16.0. The summed E-state index contributed by atoms with van der Waals surface area (Å²) in [6.07, 6.45) is 0.0553. The van der Waals surface area contributed by atoms with Crippen molar-refractivity contribution in [3.05, 3.63) is 29.8 Å². The molecule has 0 saturated heterocycles. The zero-order valence-electron chi connectivity index (χ0n) is 13.4. The normalized spacial score (nSPS) is 14.3. The molecule has 1 aromatic rings. The second kappa shape index (κ2) is 5.96. The molecule has 1 unspecified atom stereocenters. The molecule has 0 aromatic heterocycles. The minimum atomic E-state index is -0.117. The fraction of sp³-hybridized carbons (Fsp3) is 0.647. The molecule has 0 bridgehead atoms. The summed E-state index contributed by atoms with van der Waals surface area (Å²) in [5.41, 5.74) is 1.38. The largest absolute Gasteiger partial charge is 0.488 e. The summed E-state index contributed by atoms with van der Waals surface area (Å²) in [5, 5.41) is 0. The highest BCUT2D eigenvalue weighted by molar-refractivity contribution is 5.31. The van der Waals surface area contributed by atoms with E-state index in [0.29, 0.717) is 6.61 Å². The first-order valence-corrected chi connectivity index (χ1v) is 6.99. The Kier molecular flexibility index (Phi) is 5.03. The lowest BCUT2D eigenvalue weighted by molar-refractivity contribution is -0.0374. The minimum absolute atomic E-state index is 0.0553. The third kappa shape index (κ3) is 6.11. The standard InChI is InChI=1S/C17H28O2/c1-13(12-18-17(5,6)7)19-15-10-8-14(9-11-15)16(2,3)4/h8-11,13H,12H2,1-7H3. The molecule has 0 aliphatic heterocycles. The zero-order chi connectivity index (χ0) is 14.7. The van der Waals surface area contributed by atoms with Gasteiger partial charge in [0.25, 0.3) is 0 Å². The maximum absolute atomic E-state index is 5.85. The van der Waals surface area contributed by atoms with Crippen LogP contribution in [0.1, 0.15) is 54.0 Å². The maximum Gasteiger partial charge on any atom is 0.119 e. The fourth-order valence-electron chi connectivity index (χ4n) is 1.67. The molecule has 0 radical (unpaired) electrons. The second-order valence-corrected chi connectivity index (χ2v) is 7.13. The average molecular weight is 264 g/mol. The number of ether oxygens (including phenoxy) is 2. The summed E-state index contributed by atoms with van der Waals surface area (Å²) >= 11 is 0. The van der Waals surface area contributed by atoms with Crippen molar-refractivity contribution in [1.29, 1.82) is 0 Å². The first-order valence-electron chi connectivity index (χ1n) is 6.99. The predicted octanol–water partition coefficient (Wildman–Crippen LogP) is 4.57. The van der Waals surface area contributed by atoms with E-state index in [1.807, 2.05) is 19.1 Å². The van der Waals surface area contributed by atoms with Crippen LogP contribution in [0, 0.1) is 0 Å². The number of hydrogen-bond donors (Lipinski definition) is 0. The molecular formula is C17H28O2. The zero-order valence-corrected chi connectivity index (χ0v) is 13.4. The van der Waals surface area contributed by atoms with Crippen LogP contribution in [0.25, 0.3) is 0 Å². The number of benzene rings is 1. The number of hydrogen-bond acceptors (Lipinski definition) is 2. The van der Waals surface area contributed by atoms with E-state index >= 15 is 0 Å². The van der Waals surface area contributed by atoms with Gasteiger partial charge in [-0.2, -0.15) is 0 Å². The molecule has 0 fully saturated rings. The SMILES string of the molecule is CC(COC(C)(C)C)Oc1ccc(C(C)(C)C)cc1. The van der Waals surface area contributed by atoms with Gasteiger partial charge < -0.3 is 9.47 Å². The molecule has 0 spiro atoms. The molecule has 0 amide bonds. The Morgan fingerprint density at radius 1 is 0.947 bits per heavy atom. The van der Waals surface area contributed by atoms with Gasteiger partial charge in [0.1, 0.15) is 11.9 Å². The van der Waals surface area contributed by atoms with Crippen molar-refractivity contribution in [2.75, 3.05) is 6.61 Å². The van der Waals surface area contributed by atoms with Gasteiger partial charge in [-0.05, 0) is 50.8 Å². The van der Waals surface area contributed by atoms with Crippen LogP contribution in [-0.2, 0) is 10.2 Å². The smallest absolute Gasteiger partial charge is 0.119 e. The van der Waals surface area contributed by atoms with Gasteiger partial charge in [-0.1, -0.05) is 32.9 Å². The van der Waals surface area contributed by atoms with E-state index in [-0.39, 0.29) is 17.1 Å². The highest BCUT2D eigenvalue weighted by Crippen LogP contribution is 2.24. The van der Waals surface area contributed by atoms with E-state index in [2.05, 4.69) is 53.7 Å². The molecule has 1 atom stereocenters. The molecule has 0 aliphatic rings. The Balaban J connectivity index is 2.54. The van der Waals surface area contributed by atoms with E-state index in [1.54, 1.807) is 0 Å². The van der Waals surface area contributed by atoms with E-state index in [4.69, 9.17) is 9.47 Å². The van der Waals surface area contributed by atoms with Gasteiger partial charge in [-0.15, -0.1) is 0 Å². The van der Waals surface area contributed by atoms with Crippen LogP contribution in [0.2, 0.25) is 0 Å². The van der Waals surface area contributed by atoms with Crippen molar-refractivity contribution in [2.45, 2.75) is 65.6 Å². The van der Waals surface area contributed by atoms with Crippen LogP contribution in [0.15, 0.2) is 24.3 Å². The molecule has 2 nitrogen and oxygen atoms in total. The summed E-state index contributed by atoms with van der Waals surface area (Å²) < 4.78 is 11.6. The molecule has 0 aliphatic carbocycles. The lowest BCUT2D eigenvalue weighted by Crippen LogP contribution is -2.27. The van der Waals surface area contributed by atoms with Gasteiger partial charge >= 0.3 is 0 Å². The quantitative estimate of drug-likeness (QED) is 0.793. The summed E-state index contributed by atoms with van der Waals surface area (Å²) in [4.78, 5) is 0. The van der Waals surface area contributed by atoms with E-state index in [9.17, 15) is 0 Å². The van der Waals surface area contributed by atoms with Crippen LogP contribution in [0.4, 0.5) is 0 Å². The maximum atomic E-state index is 5.85. The summed E-state index contributed by atoms with van der Waals surface area (Å²) in [6, 6.07) is 8.34. The molecule has 0 saturated carbocycles. The van der Waals surface area contributed by atoms with Gasteiger partial charge in [0, 0.05) is 0 Å². The van der Waals surface area contributed by atoms with Crippen LogP contribution in [-0.4, -0.2) is 18.3 Å². The van der Waals surface area contributed by atoms with Gasteiger partial charge in [-0.3, -0.25) is 0 Å². The van der Waals surface area contributed by atoms with E-state index in [0.717, 1.165) is 5.75 Å². The Labute approximate surface area is 118 Å². The molecule has 0 N–H and O–H groups in total. The van der Waals surface area contributed by atoms with Crippen molar-refractivity contribution in [2.24, 2.45) is 0 Å². The van der Waals surface area contributed by atoms with Crippen LogP contribution in [0.5, 0.6) is 5.75 Å². The van der Waals surface area contributed by atoms with Gasteiger partial charge in [0.05, 0.1) is 12.2 Å². The van der Waals surface area contributed by atoms with Crippen LogP contribution in [0.3, 0.4) is 0 Å². The van der Waals surface area contributed by atoms with Gasteiger partial charge in [-0.25, -0.2) is 0 Å². The lowest BCUT2D eigenvalue weighted by Gasteiger charge is -2.23. The second-order valence-electron chi connectivity index (χ2n) is 7.13. The molecule has 19 heavy (non-hydrogen) atoms. The minimum Gasteiger partial charge on any atom is -0.488 e. The first-order chi connectivity index (χ1) is 8.58. The highest BCUT2D eigenvalue weighted by atomic mass is 16.5. The Morgan fingerprint density at radius 3 is 1.89 bits per heavy atom. The van der Waals surface area contributed by atoms with Crippen molar-refractivity contribution in [3.8, 4) is 5.75 Å². The summed E-state index contributed by atoms with van der Waals surface area (Å²) in [5.74, 6) is 0.901. The molecular weight excluding hydrogens is 236 g/mol. The fourth-order valence-corrected chi connectivity index (χ4v) is 1.67. The van der Waals surface area contributed by atoms with Crippen molar-refractivity contribution in [3.63, 3.8) is 0 Å². The van der Waals surface area contributed by atoms with Crippen molar-refractivity contribution >= 4 is 0 Å². The van der Waals surface area contributed by atoms with E-state index in [1.165, 1.54) is 5.56 Å². The third-order valence-electron chi connectivity index (χ3n) is 2.81. The monoisotopic (exact) mass is 264 g/mol. The lowest BCUT2D eigenvalue weighted by atomic mass is 9.87. The van der Waals surface area contributed by atoms with Gasteiger partial charge in [0.2, 0.25) is 0 Å². The summed E-state index contributed by atoms with van der Waals surface area (Å²) in [7, 11) is 0. The van der Waals surface area contributed by atoms with Gasteiger partial charge in [0.15, 0.2) is 0 Å². The van der Waals surface area contributed by atoms with Crippen molar-refractivity contribution < 1.29 is 9.47 Å². The highest BCUT2D eigenvalue weighted by Gasteiger charge is 2.15.